The number of anilines is 2. The Bertz CT molecular complexity index is 1280. The van der Waals surface area contributed by atoms with Gasteiger partial charge in [0, 0.05) is 37.3 Å². The first-order chi connectivity index (χ1) is 16.0. The molecule has 0 unspecified atom stereocenters. The summed E-state index contributed by atoms with van der Waals surface area (Å²) in [6, 6.07) is 15.6. The lowest BCUT2D eigenvalue weighted by molar-refractivity contribution is -0.117. The molecule has 0 saturated carbocycles. The molecule has 9 heteroatoms. The highest BCUT2D eigenvalue weighted by Gasteiger charge is 2.20. The molecule has 0 spiro atoms. The maximum absolute atomic E-state index is 14.2. The number of hydrogen-bond donors (Lipinski definition) is 1. The van der Waals surface area contributed by atoms with E-state index in [9.17, 15) is 14.0 Å². The average Bonchev–Trinajstić information content (AvgIpc) is 3.51. The molecule has 2 aromatic carbocycles. The predicted octanol–water partition coefficient (Wildman–Crippen LogP) is 4.48. The maximum Gasteiger partial charge on any atom is 0.244 e. The number of hydrogen-bond acceptors (Lipinski definition) is 5. The highest BCUT2D eigenvalue weighted by atomic mass is 32.1. The van der Waals surface area contributed by atoms with Gasteiger partial charge in [-0.15, -0.1) is 11.3 Å². The average molecular weight is 462 g/mol. The van der Waals surface area contributed by atoms with E-state index in [2.05, 4.69) is 15.4 Å². The summed E-state index contributed by atoms with van der Waals surface area (Å²) in [5.74, 6) is -1.16. The minimum absolute atomic E-state index is 0.131. The van der Waals surface area contributed by atoms with Gasteiger partial charge in [0.05, 0.1) is 17.1 Å². The summed E-state index contributed by atoms with van der Waals surface area (Å²) < 4.78 is 15.9. The van der Waals surface area contributed by atoms with Crippen molar-refractivity contribution in [2.24, 2.45) is 0 Å². The summed E-state index contributed by atoms with van der Waals surface area (Å²) >= 11 is 1.19. The number of thiazole rings is 1. The Kier molecular flexibility index (Phi) is 6.70. The van der Waals surface area contributed by atoms with Crippen molar-refractivity contribution in [2.75, 3.05) is 4.90 Å². The Morgan fingerprint density at radius 3 is 2.64 bits per heavy atom. The lowest BCUT2D eigenvalue weighted by Crippen LogP contribution is -2.23. The summed E-state index contributed by atoms with van der Waals surface area (Å²) in [6.45, 7) is 1.72. The van der Waals surface area contributed by atoms with Crippen molar-refractivity contribution in [3.8, 4) is 5.69 Å². The van der Waals surface area contributed by atoms with Gasteiger partial charge in [-0.3, -0.25) is 14.5 Å². The monoisotopic (exact) mass is 461 g/mol. The van der Waals surface area contributed by atoms with Crippen LogP contribution in [0.25, 0.3) is 11.8 Å². The van der Waals surface area contributed by atoms with Crippen molar-refractivity contribution < 1.29 is 14.0 Å². The normalized spacial score (nSPS) is 11.0. The number of carbonyl (C=O) groups is 2. The fraction of sp³-hybridized carbons (Fsp3) is 0.0833. The molecular weight excluding hydrogens is 441 g/mol. The Labute approximate surface area is 193 Å². The molecule has 4 rings (SSSR count). The van der Waals surface area contributed by atoms with Crippen molar-refractivity contribution in [3.63, 3.8) is 0 Å². The van der Waals surface area contributed by atoms with Crippen LogP contribution < -0.4 is 10.2 Å². The SMILES string of the molecule is CC(=O)N(c1nc(/C=C/C(=O)NCc2ccc(-n3cccn3)cc2)cs1)c1ccccc1F. The number of nitrogens with zero attached hydrogens (tertiary/aromatic N) is 4. The van der Waals surface area contributed by atoms with Crippen molar-refractivity contribution in [2.45, 2.75) is 13.5 Å². The minimum atomic E-state index is -0.517. The third-order valence-electron chi connectivity index (χ3n) is 4.69. The van der Waals surface area contributed by atoms with Crippen LogP contribution >= 0.6 is 11.3 Å². The van der Waals surface area contributed by atoms with Crippen molar-refractivity contribution >= 4 is 40.0 Å². The van der Waals surface area contributed by atoms with Gasteiger partial charge in [0.2, 0.25) is 11.8 Å². The van der Waals surface area contributed by atoms with E-state index in [0.717, 1.165) is 11.3 Å². The smallest absolute Gasteiger partial charge is 0.244 e. The predicted molar refractivity (Wildman–Crippen MR) is 126 cm³/mol. The lowest BCUT2D eigenvalue weighted by Gasteiger charge is -2.18. The van der Waals surface area contributed by atoms with E-state index >= 15 is 0 Å². The second-order valence-corrected chi connectivity index (χ2v) is 7.87. The second kappa shape index (κ2) is 10.0. The molecule has 1 N–H and O–H groups in total. The van der Waals surface area contributed by atoms with Gasteiger partial charge in [-0.05, 0) is 42.0 Å². The molecule has 0 radical (unpaired) electrons. The van der Waals surface area contributed by atoms with Crippen LogP contribution in [0.1, 0.15) is 18.2 Å². The van der Waals surface area contributed by atoms with Gasteiger partial charge in [0.25, 0.3) is 0 Å². The van der Waals surface area contributed by atoms with E-state index in [0.29, 0.717) is 17.4 Å². The van der Waals surface area contributed by atoms with Crippen molar-refractivity contribution in [1.29, 1.82) is 0 Å². The fourth-order valence-corrected chi connectivity index (χ4v) is 3.94. The fourth-order valence-electron chi connectivity index (χ4n) is 3.09. The molecule has 0 aliphatic carbocycles. The van der Waals surface area contributed by atoms with E-state index in [1.165, 1.54) is 41.4 Å². The van der Waals surface area contributed by atoms with E-state index in [-0.39, 0.29) is 17.5 Å². The highest BCUT2D eigenvalue weighted by Crippen LogP contribution is 2.30. The van der Waals surface area contributed by atoms with Crippen molar-refractivity contribution in [3.05, 3.63) is 95.5 Å². The van der Waals surface area contributed by atoms with Crippen LogP contribution in [0, 0.1) is 5.82 Å². The first-order valence-electron chi connectivity index (χ1n) is 10.1. The van der Waals surface area contributed by atoms with Crippen molar-refractivity contribution in [1.82, 2.24) is 20.1 Å². The van der Waals surface area contributed by atoms with E-state index < -0.39 is 5.82 Å². The zero-order chi connectivity index (χ0) is 23.2. The number of benzene rings is 2. The van der Waals surface area contributed by atoms with Crippen LogP contribution in [0.3, 0.4) is 0 Å². The third-order valence-corrected chi connectivity index (χ3v) is 5.53. The zero-order valence-corrected chi connectivity index (χ0v) is 18.5. The number of aromatic nitrogens is 3. The number of rotatable bonds is 7. The molecular formula is C24H20FN5O2S. The van der Waals surface area contributed by atoms with Crippen LogP contribution in [-0.4, -0.2) is 26.6 Å². The molecule has 7 nitrogen and oxygen atoms in total. The number of amides is 2. The van der Waals surface area contributed by atoms with Gasteiger partial charge in [0.1, 0.15) is 5.82 Å². The van der Waals surface area contributed by atoms with Gasteiger partial charge in [0.15, 0.2) is 5.13 Å². The molecule has 0 fully saturated rings. The Morgan fingerprint density at radius 1 is 1.15 bits per heavy atom. The molecule has 2 aromatic heterocycles. The Hall–Kier alpha value is -4.11. The van der Waals surface area contributed by atoms with Crippen LogP contribution in [0.2, 0.25) is 0 Å². The molecule has 2 heterocycles. The van der Waals surface area contributed by atoms with Crippen LogP contribution in [0.5, 0.6) is 0 Å². The summed E-state index contributed by atoms with van der Waals surface area (Å²) in [5, 5.41) is 9.02. The third kappa shape index (κ3) is 5.39. The summed E-state index contributed by atoms with van der Waals surface area (Å²) in [5.41, 5.74) is 2.51. The van der Waals surface area contributed by atoms with Gasteiger partial charge < -0.3 is 5.32 Å². The standard InChI is InChI=1S/C24H20FN5O2S/c1-17(31)30(22-6-3-2-5-21(22)25)24-28-19(16-33-24)9-12-23(32)26-15-18-7-10-20(11-8-18)29-14-4-13-27-29/h2-14,16H,15H2,1H3,(H,26,32)/b12-9+. The van der Waals surface area contributed by atoms with Crippen LogP contribution in [0.4, 0.5) is 15.2 Å². The van der Waals surface area contributed by atoms with Crippen LogP contribution in [0.15, 0.2) is 78.4 Å². The number of para-hydroxylation sites is 1. The van der Waals surface area contributed by atoms with E-state index in [1.54, 1.807) is 34.5 Å². The molecule has 2 amide bonds. The second-order valence-electron chi connectivity index (χ2n) is 7.03. The molecule has 0 aliphatic heterocycles. The van der Waals surface area contributed by atoms with Gasteiger partial charge in [-0.25, -0.2) is 14.1 Å². The van der Waals surface area contributed by atoms with E-state index in [1.807, 2.05) is 36.5 Å². The summed E-state index contributed by atoms with van der Waals surface area (Å²) in [6.07, 6.45) is 6.49. The van der Waals surface area contributed by atoms with Gasteiger partial charge in [-0.2, -0.15) is 5.10 Å². The first kappa shape index (κ1) is 22.1. The Balaban J connectivity index is 1.37. The molecule has 4 aromatic rings. The topological polar surface area (TPSA) is 80.1 Å². The molecule has 0 saturated heterocycles. The molecule has 0 atom stereocenters. The number of carbonyl (C=O) groups excluding carboxylic acids is 2. The molecule has 166 valence electrons. The van der Waals surface area contributed by atoms with Gasteiger partial charge in [-0.1, -0.05) is 24.3 Å². The van der Waals surface area contributed by atoms with Gasteiger partial charge >= 0.3 is 0 Å². The highest BCUT2D eigenvalue weighted by molar-refractivity contribution is 7.14. The summed E-state index contributed by atoms with van der Waals surface area (Å²) in [7, 11) is 0. The van der Waals surface area contributed by atoms with E-state index in [4.69, 9.17) is 0 Å². The number of nitrogens with one attached hydrogen (secondary N) is 1. The molecule has 33 heavy (non-hydrogen) atoms. The summed E-state index contributed by atoms with van der Waals surface area (Å²) in [4.78, 5) is 29.9. The minimum Gasteiger partial charge on any atom is -0.348 e. The first-order valence-corrected chi connectivity index (χ1v) is 10.9. The zero-order valence-electron chi connectivity index (χ0n) is 17.7. The quantitative estimate of drug-likeness (QED) is 0.412. The van der Waals surface area contributed by atoms with Crippen LogP contribution in [-0.2, 0) is 16.1 Å². The maximum atomic E-state index is 14.2. The molecule has 0 aliphatic rings. The lowest BCUT2D eigenvalue weighted by atomic mass is 10.2. The Morgan fingerprint density at radius 2 is 1.94 bits per heavy atom. The molecule has 0 bridgehead atoms. The number of halogens is 1. The largest absolute Gasteiger partial charge is 0.348 e.